The molecule has 0 saturated heterocycles. The Morgan fingerprint density at radius 3 is 2.53 bits per heavy atom. The van der Waals surface area contributed by atoms with Crippen molar-refractivity contribution in [3.63, 3.8) is 0 Å². The molecule has 3 heteroatoms. The fourth-order valence-corrected chi connectivity index (χ4v) is 1.68. The van der Waals surface area contributed by atoms with Crippen LogP contribution in [0.25, 0.3) is 11.3 Å². The Kier molecular flexibility index (Phi) is 3.06. The lowest BCUT2D eigenvalue weighted by Crippen LogP contribution is -1.97. The van der Waals surface area contributed by atoms with Gasteiger partial charge in [-0.1, -0.05) is 30.3 Å². The summed E-state index contributed by atoms with van der Waals surface area (Å²) in [5.74, 6) is 0.381. The van der Waals surface area contributed by atoms with Gasteiger partial charge in [-0.15, -0.1) is 0 Å². The molecule has 0 bridgehead atoms. The summed E-state index contributed by atoms with van der Waals surface area (Å²) in [6, 6.07) is 13.8. The van der Waals surface area contributed by atoms with Crippen molar-refractivity contribution in [2.24, 2.45) is 0 Å². The number of pyridine rings is 1. The maximum absolute atomic E-state index is 9.02. The highest BCUT2D eigenvalue weighted by atomic mass is 16.5. The van der Waals surface area contributed by atoms with E-state index in [0.29, 0.717) is 11.4 Å². The van der Waals surface area contributed by atoms with E-state index in [9.17, 15) is 0 Å². The summed E-state index contributed by atoms with van der Waals surface area (Å²) in [4.78, 5) is 4.35. The summed E-state index contributed by atoms with van der Waals surface area (Å²) in [6.07, 6.45) is 0. The number of methoxy groups -OCH3 is 1. The van der Waals surface area contributed by atoms with Gasteiger partial charge in [-0.2, -0.15) is 5.26 Å². The first-order chi connectivity index (χ1) is 8.26. The lowest BCUT2D eigenvalue weighted by molar-refractivity contribution is 0.396. The minimum atomic E-state index is 0.381. The predicted octanol–water partition coefficient (Wildman–Crippen LogP) is 2.94. The number of hydrogen-bond acceptors (Lipinski definition) is 3. The second-order valence-corrected chi connectivity index (χ2v) is 3.69. The first-order valence-corrected chi connectivity index (χ1v) is 5.27. The minimum Gasteiger partial charge on any atom is -0.480 e. The summed E-state index contributed by atoms with van der Waals surface area (Å²) < 4.78 is 5.15. The summed E-state index contributed by atoms with van der Waals surface area (Å²) in [5, 5.41) is 9.02. The maximum Gasteiger partial charge on any atom is 0.232 e. The van der Waals surface area contributed by atoms with E-state index in [-0.39, 0.29) is 0 Å². The predicted molar refractivity (Wildman–Crippen MR) is 65.7 cm³/mol. The third kappa shape index (κ3) is 2.11. The first kappa shape index (κ1) is 11.2. The van der Waals surface area contributed by atoms with Crippen LogP contribution in [-0.2, 0) is 0 Å². The molecule has 0 amide bonds. The molecule has 0 saturated carbocycles. The van der Waals surface area contributed by atoms with Crippen LogP contribution in [0.4, 0.5) is 0 Å². The van der Waals surface area contributed by atoms with E-state index in [1.54, 1.807) is 0 Å². The Bertz CT molecular complexity index is 571. The van der Waals surface area contributed by atoms with Crippen molar-refractivity contribution in [2.75, 3.05) is 7.11 Å². The molecule has 17 heavy (non-hydrogen) atoms. The molecule has 1 aromatic carbocycles. The zero-order valence-corrected chi connectivity index (χ0v) is 9.77. The molecule has 0 aliphatic rings. The van der Waals surface area contributed by atoms with Gasteiger partial charge in [0.15, 0.2) is 0 Å². The van der Waals surface area contributed by atoms with Crippen molar-refractivity contribution in [3.8, 4) is 23.2 Å². The average molecular weight is 224 g/mol. The summed E-state index contributed by atoms with van der Waals surface area (Å²) in [6.45, 7) is 1.88. The summed E-state index contributed by atoms with van der Waals surface area (Å²) in [5.41, 5.74) is 3.20. The van der Waals surface area contributed by atoms with Gasteiger partial charge in [-0.25, -0.2) is 4.98 Å². The number of nitrogens with zero attached hydrogens (tertiary/aromatic N) is 2. The number of aromatic nitrogens is 1. The Balaban J connectivity index is 2.59. The lowest BCUT2D eigenvalue weighted by atomic mass is 10.1. The van der Waals surface area contributed by atoms with Gasteiger partial charge in [0.25, 0.3) is 0 Å². The molecule has 84 valence electrons. The highest BCUT2D eigenvalue weighted by Crippen LogP contribution is 2.25. The topological polar surface area (TPSA) is 45.9 Å². The molecule has 0 aliphatic carbocycles. The second kappa shape index (κ2) is 4.67. The number of benzene rings is 1. The van der Waals surface area contributed by atoms with Crippen LogP contribution >= 0.6 is 0 Å². The van der Waals surface area contributed by atoms with E-state index < -0.39 is 0 Å². The van der Waals surface area contributed by atoms with E-state index in [1.165, 1.54) is 7.11 Å². The molecular weight excluding hydrogens is 212 g/mol. The van der Waals surface area contributed by atoms with E-state index in [1.807, 2.05) is 43.3 Å². The third-order valence-corrected chi connectivity index (χ3v) is 2.56. The molecule has 0 spiro atoms. The Morgan fingerprint density at radius 1 is 1.24 bits per heavy atom. The van der Waals surface area contributed by atoms with Gasteiger partial charge < -0.3 is 4.74 Å². The maximum atomic E-state index is 9.02. The van der Waals surface area contributed by atoms with Crippen molar-refractivity contribution in [1.82, 2.24) is 4.98 Å². The quantitative estimate of drug-likeness (QED) is 0.787. The number of nitriles is 1. The van der Waals surface area contributed by atoms with E-state index >= 15 is 0 Å². The molecule has 2 rings (SSSR count). The van der Waals surface area contributed by atoms with Crippen molar-refractivity contribution in [3.05, 3.63) is 47.5 Å². The molecule has 0 unspecified atom stereocenters. The van der Waals surface area contributed by atoms with Crippen LogP contribution in [0, 0.1) is 18.3 Å². The van der Waals surface area contributed by atoms with Crippen molar-refractivity contribution < 1.29 is 4.74 Å². The van der Waals surface area contributed by atoms with Crippen molar-refractivity contribution >= 4 is 0 Å². The smallest absolute Gasteiger partial charge is 0.232 e. The van der Waals surface area contributed by atoms with Crippen molar-refractivity contribution in [1.29, 1.82) is 5.26 Å². The first-order valence-electron chi connectivity index (χ1n) is 5.27. The molecule has 1 heterocycles. The molecule has 0 aliphatic heterocycles. The molecule has 2 aromatic rings. The van der Waals surface area contributed by atoms with Crippen LogP contribution in [0.5, 0.6) is 5.88 Å². The Labute approximate surface area is 100 Å². The van der Waals surface area contributed by atoms with Crippen LogP contribution in [0.1, 0.15) is 11.1 Å². The zero-order valence-electron chi connectivity index (χ0n) is 9.77. The Morgan fingerprint density at radius 2 is 1.94 bits per heavy atom. The van der Waals surface area contributed by atoms with E-state index in [0.717, 1.165) is 16.8 Å². The SMILES string of the molecule is COc1nc(-c2ccccc2)cc(C)c1C#N. The molecule has 0 N–H and O–H groups in total. The largest absolute Gasteiger partial charge is 0.480 e. The van der Waals surface area contributed by atoms with E-state index in [4.69, 9.17) is 10.00 Å². The van der Waals surface area contributed by atoms with Gasteiger partial charge in [0.2, 0.25) is 5.88 Å². The fourth-order valence-electron chi connectivity index (χ4n) is 1.68. The molecule has 0 radical (unpaired) electrons. The number of rotatable bonds is 2. The fraction of sp³-hybridized carbons (Fsp3) is 0.143. The standard InChI is InChI=1S/C14H12N2O/c1-10-8-13(11-6-4-3-5-7-11)16-14(17-2)12(10)9-15/h3-8H,1-2H3. The lowest BCUT2D eigenvalue weighted by Gasteiger charge is -2.08. The van der Waals surface area contributed by atoms with Crippen LogP contribution in [-0.4, -0.2) is 12.1 Å². The monoisotopic (exact) mass is 224 g/mol. The van der Waals surface area contributed by atoms with Crippen LogP contribution < -0.4 is 4.74 Å². The number of aryl methyl sites for hydroxylation is 1. The van der Waals surface area contributed by atoms with Gasteiger partial charge in [0.05, 0.1) is 12.8 Å². The van der Waals surface area contributed by atoms with Crippen molar-refractivity contribution in [2.45, 2.75) is 6.92 Å². The van der Waals surface area contributed by atoms with Gasteiger partial charge in [-0.3, -0.25) is 0 Å². The highest BCUT2D eigenvalue weighted by Gasteiger charge is 2.10. The van der Waals surface area contributed by atoms with Gasteiger partial charge in [-0.05, 0) is 18.6 Å². The Hall–Kier alpha value is -2.34. The second-order valence-electron chi connectivity index (χ2n) is 3.69. The molecule has 3 nitrogen and oxygen atoms in total. The number of hydrogen-bond donors (Lipinski definition) is 0. The normalized spacial score (nSPS) is 9.71. The molecule has 1 aromatic heterocycles. The van der Waals surface area contributed by atoms with Gasteiger partial charge in [0, 0.05) is 5.56 Å². The molecule has 0 fully saturated rings. The van der Waals surface area contributed by atoms with Gasteiger partial charge in [0.1, 0.15) is 11.6 Å². The van der Waals surface area contributed by atoms with Crippen LogP contribution in [0.2, 0.25) is 0 Å². The van der Waals surface area contributed by atoms with E-state index in [2.05, 4.69) is 11.1 Å². The summed E-state index contributed by atoms with van der Waals surface area (Å²) >= 11 is 0. The third-order valence-electron chi connectivity index (χ3n) is 2.56. The molecular formula is C14H12N2O. The van der Waals surface area contributed by atoms with Crippen LogP contribution in [0.3, 0.4) is 0 Å². The number of ether oxygens (including phenoxy) is 1. The van der Waals surface area contributed by atoms with Gasteiger partial charge >= 0.3 is 0 Å². The highest BCUT2D eigenvalue weighted by molar-refractivity contribution is 5.63. The van der Waals surface area contributed by atoms with Crippen LogP contribution in [0.15, 0.2) is 36.4 Å². The molecule has 0 atom stereocenters. The average Bonchev–Trinajstić information content (AvgIpc) is 2.38. The zero-order chi connectivity index (χ0) is 12.3. The minimum absolute atomic E-state index is 0.381. The summed E-state index contributed by atoms with van der Waals surface area (Å²) in [7, 11) is 1.53.